The van der Waals surface area contributed by atoms with Crippen molar-refractivity contribution in [2.75, 3.05) is 6.61 Å². The monoisotopic (exact) mass is 274 g/mol. The maximum Gasteiger partial charge on any atom is 0.104 e. The molecule has 0 amide bonds. The van der Waals surface area contributed by atoms with Crippen molar-refractivity contribution in [2.24, 2.45) is 0 Å². The molecule has 2 aromatic rings. The second-order valence-corrected chi connectivity index (χ2v) is 5.42. The molecule has 0 bridgehead atoms. The van der Waals surface area contributed by atoms with Gasteiger partial charge in [-0.25, -0.2) is 0 Å². The standard InChI is InChI=1S/C15H18N2OS/c1-4-15-11(2)16-17(12(15)3)9-14-8-13(10-19-14)6-5-7-18/h8,10,18H,4,7,9H2,1-3H3. The van der Waals surface area contributed by atoms with Gasteiger partial charge in [-0.15, -0.1) is 11.3 Å². The minimum absolute atomic E-state index is 0.0947. The van der Waals surface area contributed by atoms with E-state index in [1.54, 1.807) is 11.3 Å². The van der Waals surface area contributed by atoms with E-state index in [1.807, 2.05) is 5.38 Å². The van der Waals surface area contributed by atoms with Crippen LogP contribution in [0.25, 0.3) is 0 Å². The van der Waals surface area contributed by atoms with E-state index in [2.05, 4.69) is 48.5 Å². The van der Waals surface area contributed by atoms with Crippen molar-refractivity contribution in [2.45, 2.75) is 33.7 Å². The molecule has 2 rings (SSSR count). The molecule has 0 aliphatic rings. The van der Waals surface area contributed by atoms with Crippen LogP contribution in [0.3, 0.4) is 0 Å². The number of rotatable bonds is 3. The fourth-order valence-electron chi connectivity index (χ4n) is 2.22. The van der Waals surface area contributed by atoms with Gasteiger partial charge in [0, 0.05) is 21.5 Å². The molecule has 2 aromatic heterocycles. The number of nitrogens with zero attached hydrogens (tertiary/aromatic N) is 2. The third-order valence-corrected chi connectivity index (χ3v) is 4.08. The zero-order valence-electron chi connectivity index (χ0n) is 11.5. The molecule has 1 N–H and O–H groups in total. The molecule has 19 heavy (non-hydrogen) atoms. The summed E-state index contributed by atoms with van der Waals surface area (Å²) in [5.41, 5.74) is 4.68. The smallest absolute Gasteiger partial charge is 0.104 e. The summed E-state index contributed by atoms with van der Waals surface area (Å²) in [5.74, 6) is 5.59. The highest BCUT2D eigenvalue weighted by molar-refractivity contribution is 7.10. The Kier molecular flexibility index (Phi) is 4.41. The average molecular weight is 274 g/mol. The summed E-state index contributed by atoms with van der Waals surface area (Å²) in [6.45, 7) is 7.05. The first-order chi connectivity index (χ1) is 9.15. The molecule has 0 aromatic carbocycles. The van der Waals surface area contributed by atoms with Gasteiger partial charge in [-0.3, -0.25) is 4.68 Å². The van der Waals surface area contributed by atoms with Gasteiger partial charge in [0.2, 0.25) is 0 Å². The van der Waals surface area contributed by atoms with Crippen molar-refractivity contribution in [3.63, 3.8) is 0 Å². The molecule has 0 saturated carbocycles. The predicted molar refractivity (Wildman–Crippen MR) is 78.5 cm³/mol. The molecule has 4 heteroatoms. The van der Waals surface area contributed by atoms with E-state index in [0.717, 1.165) is 24.2 Å². The molecule has 2 heterocycles. The zero-order valence-corrected chi connectivity index (χ0v) is 12.3. The molecule has 100 valence electrons. The van der Waals surface area contributed by atoms with E-state index in [1.165, 1.54) is 16.1 Å². The SMILES string of the molecule is CCc1c(C)nn(Cc2cc(C#CCO)cs2)c1C. The van der Waals surface area contributed by atoms with Crippen molar-refractivity contribution >= 4 is 11.3 Å². The van der Waals surface area contributed by atoms with Crippen LogP contribution >= 0.6 is 11.3 Å². The summed E-state index contributed by atoms with van der Waals surface area (Å²) < 4.78 is 2.06. The van der Waals surface area contributed by atoms with Gasteiger partial charge in [-0.05, 0) is 31.9 Å². The summed E-state index contributed by atoms with van der Waals surface area (Å²) >= 11 is 1.68. The third-order valence-electron chi connectivity index (χ3n) is 3.16. The van der Waals surface area contributed by atoms with Gasteiger partial charge < -0.3 is 5.11 Å². The summed E-state index contributed by atoms with van der Waals surface area (Å²) in [6.07, 6.45) is 1.02. The van der Waals surface area contributed by atoms with Gasteiger partial charge in [0.05, 0.1) is 12.2 Å². The van der Waals surface area contributed by atoms with Crippen molar-refractivity contribution in [1.82, 2.24) is 9.78 Å². The number of aliphatic hydroxyl groups is 1. The van der Waals surface area contributed by atoms with Crippen molar-refractivity contribution in [3.05, 3.63) is 38.8 Å². The number of aromatic nitrogens is 2. The lowest BCUT2D eigenvalue weighted by molar-refractivity contribution is 0.350. The van der Waals surface area contributed by atoms with Crippen LogP contribution < -0.4 is 0 Å². The van der Waals surface area contributed by atoms with E-state index in [-0.39, 0.29) is 6.61 Å². The predicted octanol–water partition coefficient (Wildman–Crippen LogP) is 2.52. The van der Waals surface area contributed by atoms with Crippen molar-refractivity contribution in [3.8, 4) is 11.8 Å². The molecule has 0 spiro atoms. The highest BCUT2D eigenvalue weighted by Gasteiger charge is 2.10. The molecule has 0 fully saturated rings. The lowest BCUT2D eigenvalue weighted by Crippen LogP contribution is -2.02. The topological polar surface area (TPSA) is 38.0 Å². The molecule has 0 radical (unpaired) electrons. The molecule has 0 aliphatic carbocycles. The molecule has 3 nitrogen and oxygen atoms in total. The van der Waals surface area contributed by atoms with Crippen LogP contribution in [0.15, 0.2) is 11.4 Å². The third kappa shape index (κ3) is 3.06. The molecule has 0 aliphatic heterocycles. The summed E-state index contributed by atoms with van der Waals surface area (Å²) in [5, 5.41) is 15.3. The summed E-state index contributed by atoms with van der Waals surface area (Å²) in [4.78, 5) is 1.23. The van der Waals surface area contributed by atoms with E-state index >= 15 is 0 Å². The lowest BCUT2D eigenvalue weighted by Gasteiger charge is -2.02. The Balaban J connectivity index is 2.19. The van der Waals surface area contributed by atoms with Crippen LogP contribution in [-0.4, -0.2) is 21.5 Å². The van der Waals surface area contributed by atoms with Crippen molar-refractivity contribution < 1.29 is 5.11 Å². The Morgan fingerprint density at radius 2 is 2.21 bits per heavy atom. The average Bonchev–Trinajstić information content (AvgIpc) is 2.93. The van der Waals surface area contributed by atoms with Gasteiger partial charge in [0.15, 0.2) is 0 Å². The maximum atomic E-state index is 8.68. The zero-order chi connectivity index (χ0) is 13.8. The lowest BCUT2D eigenvalue weighted by atomic mass is 10.1. The summed E-state index contributed by atoms with van der Waals surface area (Å²) in [6, 6.07) is 2.06. The number of hydrogen-bond acceptors (Lipinski definition) is 3. The minimum atomic E-state index is -0.0947. The Morgan fingerprint density at radius 3 is 2.84 bits per heavy atom. The molecular formula is C15H18N2OS. The first kappa shape index (κ1) is 13.9. The van der Waals surface area contributed by atoms with Gasteiger partial charge in [-0.2, -0.15) is 5.10 Å². The van der Waals surface area contributed by atoms with Crippen LogP contribution in [0.4, 0.5) is 0 Å². The van der Waals surface area contributed by atoms with Crippen LogP contribution in [0, 0.1) is 25.7 Å². The number of aliphatic hydroxyl groups excluding tert-OH is 1. The Morgan fingerprint density at radius 1 is 1.42 bits per heavy atom. The Bertz CT molecular complexity index is 628. The van der Waals surface area contributed by atoms with E-state index in [9.17, 15) is 0 Å². The van der Waals surface area contributed by atoms with Crippen LogP contribution in [-0.2, 0) is 13.0 Å². The number of aryl methyl sites for hydroxylation is 1. The van der Waals surface area contributed by atoms with Gasteiger partial charge in [0.1, 0.15) is 6.61 Å². The van der Waals surface area contributed by atoms with E-state index < -0.39 is 0 Å². The number of hydrogen-bond donors (Lipinski definition) is 1. The second-order valence-electron chi connectivity index (χ2n) is 4.42. The molecule has 0 atom stereocenters. The van der Waals surface area contributed by atoms with Crippen LogP contribution in [0.2, 0.25) is 0 Å². The highest BCUT2D eigenvalue weighted by Crippen LogP contribution is 2.19. The molecule has 0 saturated heterocycles. The molecular weight excluding hydrogens is 256 g/mol. The van der Waals surface area contributed by atoms with E-state index in [4.69, 9.17) is 5.11 Å². The van der Waals surface area contributed by atoms with Crippen LogP contribution in [0.5, 0.6) is 0 Å². The van der Waals surface area contributed by atoms with E-state index in [0.29, 0.717) is 0 Å². The van der Waals surface area contributed by atoms with Gasteiger partial charge in [0.25, 0.3) is 0 Å². The highest BCUT2D eigenvalue weighted by atomic mass is 32.1. The summed E-state index contributed by atoms with van der Waals surface area (Å²) in [7, 11) is 0. The van der Waals surface area contributed by atoms with Crippen molar-refractivity contribution in [1.29, 1.82) is 0 Å². The maximum absolute atomic E-state index is 8.68. The van der Waals surface area contributed by atoms with Gasteiger partial charge in [-0.1, -0.05) is 18.8 Å². The largest absolute Gasteiger partial charge is 0.384 e. The number of thiophene rings is 1. The fourth-order valence-corrected chi connectivity index (χ4v) is 3.02. The first-order valence-electron chi connectivity index (χ1n) is 6.35. The second kappa shape index (κ2) is 6.05. The van der Waals surface area contributed by atoms with Crippen LogP contribution in [0.1, 0.15) is 34.3 Å². The molecule has 0 unspecified atom stereocenters. The Labute approximate surface area is 117 Å². The quantitative estimate of drug-likeness (QED) is 0.873. The first-order valence-corrected chi connectivity index (χ1v) is 7.23. The fraction of sp³-hybridized carbons (Fsp3) is 0.400. The minimum Gasteiger partial charge on any atom is -0.384 e. The normalized spacial score (nSPS) is 10.3. The Hall–Kier alpha value is -1.57. The van der Waals surface area contributed by atoms with Gasteiger partial charge >= 0.3 is 0 Å².